The Morgan fingerprint density at radius 2 is 0.576 bits per heavy atom. The summed E-state index contributed by atoms with van der Waals surface area (Å²) in [7, 11) is 0. The fraction of sp³-hybridized carbons (Fsp3) is 0.962. The van der Waals surface area contributed by atoms with Crippen LogP contribution in [0.3, 0.4) is 0 Å². The lowest BCUT2D eigenvalue weighted by Crippen LogP contribution is -2.72. The van der Waals surface area contributed by atoms with Crippen LogP contribution in [0.4, 0.5) is 0 Å². The van der Waals surface area contributed by atoms with Crippen molar-refractivity contribution in [1.29, 1.82) is 0 Å². The summed E-state index contributed by atoms with van der Waals surface area (Å²) in [5.74, 6) is -1.88. The summed E-state index contributed by atoms with van der Waals surface area (Å²) in [5.41, 5.74) is 0. The molecule has 8 fully saturated rings. The average Bonchev–Trinajstić information content (AvgIpc) is 0.765. The van der Waals surface area contributed by atoms with Gasteiger partial charge in [0.05, 0.1) is 51.3 Å². The molecule has 40 heteroatoms. The van der Waals surface area contributed by atoms with Crippen molar-refractivity contribution in [2.75, 3.05) is 33.0 Å². The van der Waals surface area contributed by atoms with Crippen molar-refractivity contribution < 1.29 is 188 Å². The number of ether oxygens (including phenoxy) is 15. The van der Waals surface area contributed by atoms with Gasteiger partial charge in [0.15, 0.2) is 50.3 Å². The molecule has 0 aliphatic carbocycles. The molecule has 8 rings (SSSR count). The van der Waals surface area contributed by atoms with Crippen LogP contribution in [0.5, 0.6) is 0 Å². The third kappa shape index (κ3) is 15.8. The molecule has 534 valence electrons. The van der Waals surface area contributed by atoms with Crippen molar-refractivity contribution >= 4 is 11.8 Å². The molecule has 0 aromatic rings. The lowest BCUT2D eigenvalue weighted by Gasteiger charge is -2.52. The fourth-order valence-corrected chi connectivity index (χ4v) is 12.1. The quantitative estimate of drug-likeness (QED) is 0.0507. The second kappa shape index (κ2) is 32.0. The Bertz CT molecular complexity index is 2330. The minimum Gasteiger partial charge on any atom is -0.394 e. The Hall–Kier alpha value is -2.50. The zero-order chi connectivity index (χ0) is 67.8. The molecule has 8 heterocycles. The molecule has 92 heavy (non-hydrogen) atoms. The van der Waals surface area contributed by atoms with E-state index < -0.39 is 290 Å². The number of aliphatic hydroxyl groups excluding tert-OH is 21. The first-order chi connectivity index (χ1) is 43.4. The van der Waals surface area contributed by atoms with E-state index in [1.54, 1.807) is 0 Å². The van der Waals surface area contributed by atoms with Gasteiger partial charge in [-0.25, -0.2) is 0 Å². The maximum atomic E-state index is 13.4. The summed E-state index contributed by atoms with van der Waals surface area (Å²) in [5, 5.41) is 235. The maximum absolute atomic E-state index is 13.4. The van der Waals surface area contributed by atoms with Crippen LogP contribution in [-0.2, 0) is 80.6 Å². The van der Waals surface area contributed by atoms with Gasteiger partial charge in [0.2, 0.25) is 11.8 Å². The standard InChI is InChI=1S/C52H88N2O38/c1-11-23(62)29(68)33(72)48(78-11)88-40-21(53-14(4)60)46(90-42-27(66)17(7-56)81-45(77)36(42)75)84-19(9-58)38(40)86-51-37(76)43(28(67)18(8-57)82-51)91-47-22(54-15(5)61)41(89-49-34(73)30(69)24(63)12(2)79-49)39(20(10-59)85-47)87-52-44(32(71)26(65)16(6-55)83-52)92-50-35(74)31(70)25(64)13(3)80-50/h11-13,16-52,55-59,62-77H,6-10H2,1-5H3,(H,53,60)(H,54,61)/t11-,12-,13-,16+,17+,18+,19+,20+,21+,22+,23+,24+,25+,26-,27+,28-,29+,30+,31+,32-,33-,34-,35-,36+,37+,38+,39+,40+,41+,42-,43-,44+,45?,46-,47-,48-,49-,50-,51-,52-/m0/s1. The third-order valence-corrected chi connectivity index (χ3v) is 17.3. The monoisotopic (exact) mass is 1350 g/mol. The predicted molar refractivity (Wildman–Crippen MR) is 283 cm³/mol. The summed E-state index contributed by atoms with van der Waals surface area (Å²) < 4.78 is 89.5. The van der Waals surface area contributed by atoms with Crippen molar-refractivity contribution in [1.82, 2.24) is 10.6 Å². The van der Waals surface area contributed by atoms with Crippen molar-refractivity contribution in [3.63, 3.8) is 0 Å². The van der Waals surface area contributed by atoms with Gasteiger partial charge >= 0.3 is 0 Å². The largest absolute Gasteiger partial charge is 0.394 e. The average molecular weight is 1350 g/mol. The molecule has 0 saturated carbocycles. The van der Waals surface area contributed by atoms with E-state index in [0.717, 1.165) is 13.8 Å². The van der Waals surface area contributed by atoms with E-state index in [1.807, 2.05) is 0 Å². The molecule has 0 bridgehead atoms. The van der Waals surface area contributed by atoms with Gasteiger partial charge in [-0.1, -0.05) is 0 Å². The predicted octanol–water partition coefficient (Wildman–Crippen LogP) is -15.1. The molecule has 8 aliphatic heterocycles. The number of carbonyl (C=O) groups is 2. The van der Waals surface area contributed by atoms with Crippen LogP contribution < -0.4 is 10.6 Å². The number of amides is 2. The van der Waals surface area contributed by atoms with Crippen molar-refractivity contribution in [2.24, 2.45) is 0 Å². The zero-order valence-electron chi connectivity index (χ0n) is 50.0. The molecule has 0 aromatic heterocycles. The molecular weight excluding hydrogens is 1260 g/mol. The van der Waals surface area contributed by atoms with E-state index in [0.29, 0.717) is 0 Å². The minimum absolute atomic E-state index is 0.913. The molecule has 8 saturated heterocycles. The topological polar surface area (TPSA) is 621 Å². The highest BCUT2D eigenvalue weighted by Crippen LogP contribution is 2.40. The van der Waals surface area contributed by atoms with E-state index in [2.05, 4.69) is 10.6 Å². The number of carbonyl (C=O) groups excluding carboxylic acids is 2. The Labute approximate surface area is 522 Å². The molecule has 1 unspecified atom stereocenters. The number of rotatable bonds is 21. The number of aliphatic hydroxyl groups is 21. The maximum Gasteiger partial charge on any atom is 0.217 e. The Morgan fingerprint density at radius 3 is 0.957 bits per heavy atom. The van der Waals surface area contributed by atoms with Crippen molar-refractivity contribution in [3.8, 4) is 0 Å². The van der Waals surface area contributed by atoms with E-state index in [1.165, 1.54) is 20.8 Å². The first kappa shape index (κ1) is 75.3. The minimum atomic E-state index is -2.42. The summed E-state index contributed by atoms with van der Waals surface area (Å²) in [6.07, 6.45) is -74.1. The van der Waals surface area contributed by atoms with Crippen molar-refractivity contribution in [3.05, 3.63) is 0 Å². The van der Waals surface area contributed by atoms with Gasteiger partial charge in [-0.2, -0.15) is 0 Å². The lowest BCUT2D eigenvalue weighted by atomic mass is 9.93. The number of hydrogen-bond donors (Lipinski definition) is 23. The number of hydrogen-bond acceptors (Lipinski definition) is 38. The van der Waals surface area contributed by atoms with Gasteiger partial charge in [-0.05, 0) is 20.8 Å². The normalized spacial score (nSPS) is 52.1. The first-order valence-corrected chi connectivity index (χ1v) is 29.7. The molecule has 40 atom stereocenters. The summed E-state index contributed by atoms with van der Waals surface area (Å²) in [6, 6.07) is -3.84. The molecule has 0 radical (unpaired) electrons. The number of nitrogens with one attached hydrogen (secondary N) is 2. The van der Waals surface area contributed by atoms with E-state index in [-0.39, 0.29) is 0 Å². The van der Waals surface area contributed by atoms with Gasteiger partial charge < -0.3 is 189 Å². The molecule has 2 amide bonds. The SMILES string of the molecule is CC(=O)N[C@H]1[C@H](O[C@H]2[C@H](O)[C@@H](CO)OC(O)[C@@H]2O)O[C@H](CO)[C@@H](O[C@@H]2O[C@H](CO)[C@H](O)[C@H](O[C@@H]3O[C@H](CO)[C@@H](O[C@@H]4O[C@H](CO)[C@H](O)[C@H](O)[C@H]4O[C@@H]4O[C@@H](C)[C@@H](O)[C@@H](O)[C@@H]4O)[C@H](O[C@@H]4O[C@@H](C)[C@@H](O)[C@@H](O)[C@@H]4O)[C@H]3NC(C)=O)[C@H]2O)[C@@H]1O[C@@H]1O[C@@H](C)[C@@H](O)[C@@H](O)[C@@H]1O. The summed E-state index contributed by atoms with van der Waals surface area (Å²) in [4.78, 5) is 26.5. The second-order valence-electron chi connectivity index (χ2n) is 23.8. The summed E-state index contributed by atoms with van der Waals surface area (Å²) in [6.45, 7) is 0.301. The smallest absolute Gasteiger partial charge is 0.217 e. The van der Waals surface area contributed by atoms with Gasteiger partial charge in [-0.3, -0.25) is 9.59 Å². The van der Waals surface area contributed by atoms with E-state index >= 15 is 0 Å². The van der Waals surface area contributed by atoms with E-state index in [4.69, 9.17) is 71.1 Å². The Kier molecular flexibility index (Phi) is 26.2. The van der Waals surface area contributed by atoms with Crippen LogP contribution in [-0.4, -0.2) is 398 Å². The summed E-state index contributed by atoms with van der Waals surface area (Å²) >= 11 is 0. The third-order valence-electron chi connectivity index (χ3n) is 17.3. The van der Waals surface area contributed by atoms with Crippen LogP contribution in [0.1, 0.15) is 34.6 Å². The highest BCUT2D eigenvalue weighted by Gasteiger charge is 2.61. The highest BCUT2D eigenvalue weighted by atomic mass is 16.8. The second-order valence-corrected chi connectivity index (χ2v) is 23.8. The fourth-order valence-electron chi connectivity index (χ4n) is 12.1. The van der Waals surface area contributed by atoms with Gasteiger partial charge in [0, 0.05) is 13.8 Å². The lowest BCUT2D eigenvalue weighted by molar-refractivity contribution is -0.403. The molecule has 0 spiro atoms. The Balaban J connectivity index is 1.16. The first-order valence-electron chi connectivity index (χ1n) is 29.7. The van der Waals surface area contributed by atoms with Crippen molar-refractivity contribution in [2.45, 2.75) is 280 Å². The molecular formula is C52H88N2O38. The van der Waals surface area contributed by atoms with Crippen LogP contribution in [0.2, 0.25) is 0 Å². The van der Waals surface area contributed by atoms with Crippen LogP contribution in [0, 0.1) is 0 Å². The highest BCUT2D eigenvalue weighted by molar-refractivity contribution is 5.73. The van der Waals surface area contributed by atoms with Gasteiger partial charge in [0.25, 0.3) is 0 Å². The van der Waals surface area contributed by atoms with Crippen LogP contribution in [0.15, 0.2) is 0 Å². The molecule has 40 nitrogen and oxygen atoms in total. The van der Waals surface area contributed by atoms with Gasteiger partial charge in [-0.15, -0.1) is 0 Å². The Morgan fingerprint density at radius 1 is 0.283 bits per heavy atom. The van der Waals surface area contributed by atoms with Gasteiger partial charge in [0.1, 0.15) is 177 Å². The molecule has 23 N–H and O–H groups in total. The van der Waals surface area contributed by atoms with E-state index in [9.17, 15) is 117 Å². The zero-order valence-corrected chi connectivity index (χ0v) is 50.0. The van der Waals surface area contributed by atoms with Crippen LogP contribution >= 0.6 is 0 Å². The molecule has 0 aromatic carbocycles. The molecule has 8 aliphatic rings. The van der Waals surface area contributed by atoms with Crippen LogP contribution in [0.25, 0.3) is 0 Å².